The summed E-state index contributed by atoms with van der Waals surface area (Å²) in [5.41, 5.74) is 3.47. The first-order valence-corrected chi connectivity index (χ1v) is 6.87. The molecule has 108 valence electrons. The highest BCUT2D eigenvalue weighted by Crippen LogP contribution is 2.32. The first-order chi connectivity index (χ1) is 9.58. The maximum atomic E-state index is 5.76. The minimum atomic E-state index is 0.0695. The molecule has 0 aliphatic carbocycles. The van der Waals surface area contributed by atoms with Gasteiger partial charge in [0.15, 0.2) is 0 Å². The summed E-state index contributed by atoms with van der Waals surface area (Å²) >= 11 is 0. The zero-order chi connectivity index (χ0) is 14.7. The van der Waals surface area contributed by atoms with Gasteiger partial charge in [0.1, 0.15) is 17.3 Å². The molecule has 4 nitrogen and oxygen atoms in total. The summed E-state index contributed by atoms with van der Waals surface area (Å²) in [5, 5.41) is 3.51. The molecule has 0 saturated carbocycles. The number of aromatic nitrogens is 1. The lowest BCUT2D eigenvalue weighted by atomic mass is 9.96. The molecule has 0 bridgehead atoms. The fraction of sp³-hybridized carbons (Fsp3) is 0.438. The molecule has 0 fully saturated rings. The lowest BCUT2D eigenvalue weighted by Gasteiger charge is -2.19. The van der Waals surface area contributed by atoms with Crippen LogP contribution in [0.4, 0.5) is 0 Å². The number of pyridine rings is 1. The van der Waals surface area contributed by atoms with E-state index in [1.54, 1.807) is 13.3 Å². The molecule has 2 aromatic rings. The van der Waals surface area contributed by atoms with E-state index >= 15 is 0 Å². The van der Waals surface area contributed by atoms with Gasteiger partial charge in [-0.2, -0.15) is 0 Å². The van der Waals surface area contributed by atoms with Gasteiger partial charge in [-0.05, 0) is 44.5 Å². The Morgan fingerprint density at radius 2 is 2.00 bits per heavy atom. The van der Waals surface area contributed by atoms with Gasteiger partial charge in [-0.1, -0.05) is 6.92 Å². The SMILES string of the molecule is CCNC(c1cncc(OC)c1)c1c(C)oc(C)c1C. The zero-order valence-corrected chi connectivity index (χ0v) is 12.8. The van der Waals surface area contributed by atoms with Crippen LogP contribution in [0, 0.1) is 20.8 Å². The summed E-state index contributed by atoms with van der Waals surface area (Å²) in [6.07, 6.45) is 3.59. The molecule has 2 heterocycles. The molecule has 0 aliphatic rings. The quantitative estimate of drug-likeness (QED) is 0.908. The van der Waals surface area contributed by atoms with Crippen molar-refractivity contribution in [3.8, 4) is 5.75 Å². The van der Waals surface area contributed by atoms with Crippen LogP contribution in [0.2, 0.25) is 0 Å². The summed E-state index contributed by atoms with van der Waals surface area (Å²) in [4.78, 5) is 4.25. The van der Waals surface area contributed by atoms with Gasteiger partial charge in [0.25, 0.3) is 0 Å². The van der Waals surface area contributed by atoms with Crippen LogP contribution in [-0.2, 0) is 0 Å². The van der Waals surface area contributed by atoms with E-state index in [-0.39, 0.29) is 6.04 Å². The Morgan fingerprint density at radius 3 is 2.55 bits per heavy atom. The molecule has 20 heavy (non-hydrogen) atoms. The third kappa shape index (κ3) is 2.70. The lowest BCUT2D eigenvalue weighted by molar-refractivity contribution is 0.411. The van der Waals surface area contributed by atoms with E-state index in [2.05, 4.69) is 24.1 Å². The van der Waals surface area contributed by atoms with Crippen LogP contribution in [0.3, 0.4) is 0 Å². The van der Waals surface area contributed by atoms with Crippen molar-refractivity contribution in [3.63, 3.8) is 0 Å². The van der Waals surface area contributed by atoms with Crippen LogP contribution in [0.5, 0.6) is 5.75 Å². The molecule has 0 aliphatic heterocycles. The highest BCUT2D eigenvalue weighted by molar-refractivity contribution is 5.41. The molecule has 1 atom stereocenters. The number of methoxy groups -OCH3 is 1. The van der Waals surface area contributed by atoms with Crippen molar-refractivity contribution >= 4 is 0 Å². The zero-order valence-electron chi connectivity index (χ0n) is 12.8. The molecular formula is C16H22N2O2. The number of hydrogen-bond acceptors (Lipinski definition) is 4. The Bertz CT molecular complexity index is 590. The van der Waals surface area contributed by atoms with Crippen molar-refractivity contribution in [2.75, 3.05) is 13.7 Å². The van der Waals surface area contributed by atoms with Gasteiger partial charge in [-0.3, -0.25) is 4.98 Å². The summed E-state index contributed by atoms with van der Waals surface area (Å²) in [6.45, 7) is 9.06. The van der Waals surface area contributed by atoms with Gasteiger partial charge in [0.2, 0.25) is 0 Å². The number of hydrogen-bond donors (Lipinski definition) is 1. The Hall–Kier alpha value is -1.81. The fourth-order valence-electron chi connectivity index (χ4n) is 2.53. The third-order valence-electron chi connectivity index (χ3n) is 3.62. The van der Waals surface area contributed by atoms with Crippen molar-refractivity contribution in [2.45, 2.75) is 33.7 Å². The molecule has 0 saturated heterocycles. The predicted octanol–water partition coefficient (Wildman–Crippen LogP) is 3.31. The van der Waals surface area contributed by atoms with Crippen molar-refractivity contribution in [2.24, 2.45) is 0 Å². The van der Waals surface area contributed by atoms with Crippen LogP contribution in [0.15, 0.2) is 22.9 Å². The minimum absolute atomic E-state index is 0.0695. The topological polar surface area (TPSA) is 47.3 Å². The second kappa shape index (κ2) is 6.09. The number of ether oxygens (including phenoxy) is 1. The van der Waals surface area contributed by atoms with E-state index in [1.165, 1.54) is 11.1 Å². The predicted molar refractivity (Wildman–Crippen MR) is 79.2 cm³/mol. The average molecular weight is 274 g/mol. The van der Waals surface area contributed by atoms with E-state index < -0.39 is 0 Å². The van der Waals surface area contributed by atoms with E-state index in [4.69, 9.17) is 9.15 Å². The highest BCUT2D eigenvalue weighted by Gasteiger charge is 2.22. The largest absolute Gasteiger partial charge is 0.495 e. The molecule has 0 aromatic carbocycles. The molecule has 1 unspecified atom stereocenters. The third-order valence-corrected chi connectivity index (χ3v) is 3.62. The second-order valence-corrected chi connectivity index (χ2v) is 4.90. The van der Waals surface area contributed by atoms with E-state index in [0.717, 1.165) is 29.4 Å². The maximum Gasteiger partial charge on any atom is 0.137 e. The maximum absolute atomic E-state index is 5.76. The number of furan rings is 1. The van der Waals surface area contributed by atoms with Gasteiger partial charge < -0.3 is 14.5 Å². The minimum Gasteiger partial charge on any atom is -0.495 e. The molecule has 0 spiro atoms. The first-order valence-electron chi connectivity index (χ1n) is 6.87. The van der Waals surface area contributed by atoms with Crippen molar-refractivity contribution in [1.82, 2.24) is 10.3 Å². The van der Waals surface area contributed by atoms with Crippen LogP contribution < -0.4 is 10.1 Å². The van der Waals surface area contributed by atoms with E-state index in [1.807, 2.05) is 26.1 Å². The van der Waals surface area contributed by atoms with Crippen LogP contribution >= 0.6 is 0 Å². The Kier molecular flexibility index (Phi) is 4.45. The summed E-state index contributed by atoms with van der Waals surface area (Å²) in [5.74, 6) is 2.69. The normalized spacial score (nSPS) is 12.4. The van der Waals surface area contributed by atoms with Gasteiger partial charge >= 0.3 is 0 Å². The van der Waals surface area contributed by atoms with Gasteiger partial charge in [-0.25, -0.2) is 0 Å². The summed E-state index contributed by atoms with van der Waals surface area (Å²) in [6, 6.07) is 2.08. The Morgan fingerprint density at radius 1 is 1.25 bits per heavy atom. The number of rotatable bonds is 5. The fourth-order valence-corrected chi connectivity index (χ4v) is 2.53. The lowest BCUT2D eigenvalue weighted by Crippen LogP contribution is -2.23. The summed E-state index contributed by atoms with van der Waals surface area (Å²) in [7, 11) is 1.65. The van der Waals surface area contributed by atoms with E-state index in [9.17, 15) is 0 Å². The molecular weight excluding hydrogens is 252 g/mol. The molecule has 2 aromatic heterocycles. The number of nitrogens with one attached hydrogen (secondary N) is 1. The Balaban J connectivity index is 2.50. The van der Waals surface area contributed by atoms with Gasteiger partial charge in [0, 0.05) is 11.8 Å². The molecule has 0 amide bonds. The van der Waals surface area contributed by atoms with Crippen LogP contribution in [-0.4, -0.2) is 18.6 Å². The first kappa shape index (κ1) is 14.6. The summed E-state index contributed by atoms with van der Waals surface area (Å²) < 4.78 is 11.0. The smallest absolute Gasteiger partial charge is 0.137 e. The van der Waals surface area contributed by atoms with Crippen molar-refractivity contribution < 1.29 is 9.15 Å². The van der Waals surface area contributed by atoms with Crippen LogP contribution in [0.1, 0.15) is 41.2 Å². The average Bonchev–Trinajstić information content (AvgIpc) is 2.70. The molecule has 2 rings (SSSR count). The van der Waals surface area contributed by atoms with Gasteiger partial charge in [0.05, 0.1) is 19.3 Å². The van der Waals surface area contributed by atoms with Crippen molar-refractivity contribution in [1.29, 1.82) is 0 Å². The standard InChI is InChI=1S/C16H22N2O2/c1-6-18-16(13-7-14(19-5)9-17-8-13)15-10(2)11(3)20-12(15)4/h7-9,16,18H,6H2,1-5H3. The van der Waals surface area contributed by atoms with Gasteiger partial charge in [-0.15, -0.1) is 0 Å². The van der Waals surface area contributed by atoms with Crippen molar-refractivity contribution in [3.05, 3.63) is 46.7 Å². The van der Waals surface area contributed by atoms with Crippen LogP contribution in [0.25, 0.3) is 0 Å². The monoisotopic (exact) mass is 274 g/mol. The second-order valence-electron chi connectivity index (χ2n) is 4.90. The Labute approximate surface area is 120 Å². The molecule has 4 heteroatoms. The molecule has 1 N–H and O–H groups in total. The number of aryl methyl sites for hydroxylation is 2. The molecule has 0 radical (unpaired) electrons. The number of nitrogens with zero attached hydrogens (tertiary/aromatic N) is 1. The highest BCUT2D eigenvalue weighted by atomic mass is 16.5. The van der Waals surface area contributed by atoms with E-state index in [0.29, 0.717) is 0 Å².